The van der Waals surface area contributed by atoms with Crippen LogP contribution in [0.4, 0.5) is 5.82 Å². The van der Waals surface area contributed by atoms with Gasteiger partial charge in [-0.2, -0.15) is 14.6 Å². The number of sulfonamides is 1. The molecule has 0 saturated heterocycles. The first-order valence-corrected chi connectivity index (χ1v) is 8.26. The number of hydrogen-bond acceptors (Lipinski definition) is 5. The highest BCUT2D eigenvalue weighted by molar-refractivity contribution is 7.92. The largest absolute Gasteiger partial charge is 0.263 e. The van der Waals surface area contributed by atoms with Crippen molar-refractivity contribution in [3.05, 3.63) is 46.3 Å². The molecular formula is C12H9Cl2N5O2S. The van der Waals surface area contributed by atoms with Gasteiger partial charge in [0.1, 0.15) is 12.1 Å². The van der Waals surface area contributed by atoms with Gasteiger partial charge < -0.3 is 0 Å². The maximum Gasteiger partial charge on any atom is 0.263 e. The van der Waals surface area contributed by atoms with E-state index in [1.54, 1.807) is 13.0 Å². The molecule has 7 nitrogen and oxygen atoms in total. The summed E-state index contributed by atoms with van der Waals surface area (Å²) < 4.78 is 28.6. The monoisotopic (exact) mass is 357 g/mol. The quantitative estimate of drug-likeness (QED) is 0.777. The Morgan fingerprint density at radius 3 is 2.68 bits per heavy atom. The Morgan fingerprint density at radius 2 is 1.95 bits per heavy atom. The van der Waals surface area contributed by atoms with E-state index in [9.17, 15) is 8.42 Å². The Balaban J connectivity index is 2.06. The third-order valence-electron chi connectivity index (χ3n) is 2.82. The van der Waals surface area contributed by atoms with Gasteiger partial charge in [-0.1, -0.05) is 23.2 Å². The van der Waals surface area contributed by atoms with Crippen LogP contribution in [0.2, 0.25) is 10.0 Å². The third kappa shape index (κ3) is 2.72. The molecule has 0 radical (unpaired) electrons. The molecule has 0 unspecified atom stereocenters. The highest BCUT2D eigenvalue weighted by atomic mass is 35.5. The van der Waals surface area contributed by atoms with Gasteiger partial charge in [0, 0.05) is 11.8 Å². The normalized spacial score (nSPS) is 11.8. The van der Waals surface area contributed by atoms with Crippen molar-refractivity contribution in [1.29, 1.82) is 0 Å². The van der Waals surface area contributed by atoms with Gasteiger partial charge in [-0.3, -0.25) is 4.72 Å². The summed E-state index contributed by atoms with van der Waals surface area (Å²) in [7, 11) is -3.85. The number of fused-ring (bicyclic) bond motifs is 1. The molecule has 0 spiro atoms. The summed E-state index contributed by atoms with van der Waals surface area (Å²) in [6.45, 7) is 1.73. The maximum atomic E-state index is 12.4. The lowest BCUT2D eigenvalue weighted by atomic mass is 10.4. The molecule has 10 heteroatoms. The van der Waals surface area contributed by atoms with Crippen molar-refractivity contribution in [3.8, 4) is 0 Å². The lowest BCUT2D eigenvalue weighted by Gasteiger charge is -2.10. The van der Waals surface area contributed by atoms with E-state index in [-0.39, 0.29) is 20.8 Å². The van der Waals surface area contributed by atoms with Crippen LogP contribution in [0.25, 0.3) is 5.78 Å². The predicted molar refractivity (Wildman–Crippen MR) is 82.8 cm³/mol. The van der Waals surface area contributed by atoms with Crippen molar-refractivity contribution in [2.75, 3.05) is 4.72 Å². The minimum atomic E-state index is -3.85. The summed E-state index contributed by atoms with van der Waals surface area (Å²) in [5, 5.41) is 4.37. The average Bonchev–Trinajstić information content (AvgIpc) is 2.89. The Kier molecular flexibility index (Phi) is 3.67. The fourth-order valence-corrected chi connectivity index (χ4v) is 3.27. The van der Waals surface area contributed by atoms with Crippen molar-refractivity contribution >= 4 is 44.8 Å². The molecule has 0 aliphatic heterocycles. The Bertz CT molecular complexity index is 971. The lowest BCUT2D eigenvalue weighted by molar-refractivity contribution is 0.600. The summed E-state index contributed by atoms with van der Waals surface area (Å²) in [5.74, 6) is 0.526. The van der Waals surface area contributed by atoms with Crippen molar-refractivity contribution in [2.24, 2.45) is 0 Å². The van der Waals surface area contributed by atoms with E-state index in [0.29, 0.717) is 11.5 Å². The minimum absolute atomic E-state index is 0.00960. The molecule has 0 aliphatic carbocycles. The first kappa shape index (κ1) is 15.0. The topological polar surface area (TPSA) is 89.2 Å². The molecule has 0 aliphatic rings. The van der Waals surface area contributed by atoms with Crippen molar-refractivity contribution in [2.45, 2.75) is 11.8 Å². The van der Waals surface area contributed by atoms with E-state index < -0.39 is 10.0 Å². The minimum Gasteiger partial charge on any atom is -0.263 e. The van der Waals surface area contributed by atoms with Gasteiger partial charge in [0.25, 0.3) is 15.8 Å². The standard InChI is InChI=1S/C12H9Cl2N5O2S/c1-7-4-11(19-12(17-7)15-6-16-19)18-22(20,21)8-2-3-9(13)10(14)5-8/h2-6,18H,1H3. The highest BCUT2D eigenvalue weighted by Crippen LogP contribution is 2.26. The molecule has 0 amide bonds. The van der Waals surface area contributed by atoms with Gasteiger partial charge in [0.05, 0.1) is 14.9 Å². The number of aromatic nitrogens is 4. The number of hydrogen-bond donors (Lipinski definition) is 1. The molecule has 1 N–H and O–H groups in total. The van der Waals surface area contributed by atoms with Crippen LogP contribution in [0, 0.1) is 6.92 Å². The number of nitrogens with one attached hydrogen (secondary N) is 1. The molecule has 2 aromatic heterocycles. The van der Waals surface area contributed by atoms with Crippen molar-refractivity contribution in [3.63, 3.8) is 0 Å². The van der Waals surface area contributed by atoms with Crippen molar-refractivity contribution < 1.29 is 8.42 Å². The van der Waals surface area contributed by atoms with Crippen LogP contribution in [-0.2, 0) is 10.0 Å². The average molecular weight is 358 g/mol. The molecule has 0 atom stereocenters. The Labute approximate surface area is 136 Å². The number of anilines is 1. The van der Waals surface area contributed by atoms with Gasteiger partial charge in [-0.15, -0.1) is 0 Å². The van der Waals surface area contributed by atoms with E-state index in [2.05, 4.69) is 19.8 Å². The smallest absolute Gasteiger partial charge is 0.263 e. The predicted octanol–water partition coefficient (Wildman–Crippen LogP) is 2.54. The summed E-state index contributed by atoms with van der Waals surface area (Å²) in [6, 6.07) is 5.61. The number of halogens is 2. The van der Waals surface area contributed by atoms with Crippen molar-refractivity contribution in [1.82, 2.24) is 19.6 Å². The van der Waals surface area contributed by atoms with Crippen LogP contribution < -0.4 is 4.72 Å². The molecule has 22 heavy (non-hydrogen) atoms. The zero-order valence-electron chi connectivity index (χ0n) is 11.2. The molecule has 0 bridgehead atoms. The Morgan fingerprint density at radius 1 is 1.18 bits per heavy atom. The number of nitrogens with zero attached hydrogens (tertiary/aromatic N) is 4. The van der Waals surface area contributed by atoms with E-state index in [4.69, 9.17) is 23.2 Å². The van der Waals surface area contributed by atoms with E-state index in [1.807, 2.05) is 0 Å². The van der Waals surface area contributed by atoms with Gasteiger partial charge >= 0.3 is 0 Å². The second-order valence-corrected chi connectivity index (χ2v) is 6.93. The van der Waals surface area contributed by atoms with Crippen LogP contribution in [-0.4, -0.2) is 28.0 Å². The zero-order valence-corrected chi connectivity index (χ0v) is 13.5. The summed E-state index contributed by atoms with van der Waals surface area (Å²) in [5.41, 5.74) is 0.604. The first-order chi connectivity index (χ1) is 10.4. The second kappa shape index (κ2) is 5.38. The zero-order chi connectivity index (χ0) is 15.9. The molecule has 0 saturated carbocycles. The summed E-state index contributed by atoms with van der Waals surface area (Å²) >= 11 is 11.7. The van der Waals surface area contributed by atoms with Crippen LogP contribution in [0.1, 0.15) is 5.69 Å². The van der Waals surface area contributed by atoms with Crippen LogP contribution in [0.15, 0.2) is 35.5 Å². The molecule has 1 aromatic carbocycles. The van der Waals surface area contributed by atoms with Gasteiger partial charge in [-0.05, 0) is 25.1 Å². The number of benzene rings is 1. The van der Waals surface area contributed by atoms with Gasteiger partial charge in [0.2, 0.25) is 0 Å². The first-order valence-electron chi connectivity index (χ1n) is 6.02. The molecule has 2 heterocycles. The van der Waals surface area contributed by atoms with E-state index in [0.717, 1.165) is 0 Å². The number of rotatable bonds is 3. The van der Waals surface area contributed by atoms with Gasteiger partial charge in [-0.25, -0.2) is 13.4 Å². The molecule has 0 fully saturated rings. The third-order valence-corrected chi connectivity index (χ3v) is 4.91. The lowest BCUT2D eigenvalue weighted by Crippen LogP contribution is -2.16. The summed E-state index contributed by atoms with van der Waals surface area (Å²) in [6.07, 6.45) is 1.29. The van der Waals surface area contributed by atoms with Crippen LogP contribution >= 0.6 is 23.2 Å². The van der Waals surface area contributed by atoms with Gasteiger partial charge in [0.15, 0.2) is 0 Å². The fourth-order valence-electron chi connectivity index (χ4n) is 1.84. The van der Waals surface area contributed by atoms with Crippen LogP contribution in [0.3, 0.4) is 0 Å². The van der Waals surface area contributed by atoms with E-state index in [1.165, 1.54) is 29.0 Å². The number of aryl methyl sites for hydroxylation is 1. The summed E-state index contributed by atoms with van der Waals surface area (Å²) in [4.78, 5) is 8.07. The van der Waals surface area contributed by atoms with E-state index >= 15 is 0 Å². The fraction of sp³-hybridized carbons (Fsp3) is 0.0833. The second-order valence-electron chi connectivity index (χ2n) is 4.44. The SMILES string of the molecule is Cc1cc(NS(=O)(=O)c2ccc(Cl)c(Cl)c2)n2ncnc2n1. The molecule has 3 aromatic rings. The molecule has 114 valence electrons. The molecular weight excluding hydrogens is 349 g/mol. The maximum absolute atomic E-state index is 12.4. The molecule has 3 rings (SSSR count). The highest BCUT2D eigenvalue weighted by Gasteiger charge is 2.18. The van der Waals surface area contributed by atoms with Crippen LogP contribution in [0.5, 0.6) is 0 Å². The Hall–Kier alpha value is -1.90.